The molecular formula is C77H74B2BrLiO5. The van der Waals surface area contributed by atoms with E-state index >= 15 is 0 Å². The minimum Gasteiger partial charge on any atom is -0.399 e. The zero-order chi connectivity index (χ0) is 59.4. The third-order valence-corrected chi connectivity index (χ3v) is 20.1. The molecule has 426 valence electrons. The molecule has 2 aliphatic heterocycles. The Labute approximate surface area is 530 Å². The number of unbranched alkanes of at least 4 members (excludes halogenated alkanes) is 1. The van der Waals surface area contributed by atoms with Gasteiger partial charge in [-0.25, -0.2) is 0 Å². The van der Waals surface area contributed by atoms with E-state index in [9.17, 15) is 0 Å². The van der Waals surface area contributed by atoms with Gasteiger partial charge in [0.2, 0.25) is 0 Å². The van der Waals surface area contributed by atoms with Crippen LogP contribution in [0.5, 0.6) is 0 Å². The summed E-state index contributed by atoms with van der Waals surface area (Å²) >= 11 is 3.88. The first-order valence-electron chi connectivity index (χ1n) is 30.3. The first kappa shape index (κ1) is 60.0. The van der Waals surface area contributed by atoms with E-state index < -0.39 is 31.1 Å². The topological polar surface area (TPSA) is 46.2 Å². The Morgan fingerprint density at radius 1 is 0.419 bits per heavy atom. The molecule has 4 aliphatic carbocycles. The molecule has 2 spiro atoms. The van der Waals surface area contributed by atoms with Crippen LogP contribution in [0.3, 0.4) is 0 Å². The average Bonchev–Trinajstić information content (AvgIpc) is 1.52. The van der Waals surface area contributed by atoms with Crippen molar-refractivity contribution in [2.75, 3.05) is 0 Å². The molecule has 2 atom stereocenters. The maximum absolute atomic E-state index is 6.63. The van der Waals surface area contributed by atoms with Crippen LogP contribution in [0, 0.1) is 6.92 Å². The van der Waals surface area contributed by atoms with Gasteiger partial charge in [0.1, 0.15) is 0 Å². The molecule has 10 aromatic rings. The fourth-order valence-electron chi connectivity index (χ4n) is 14.2. The molecule has 2 fully saturated rings. The summed E-state index contributed by atoms with van der Waals surface area (Å²) in [5.74, 6) is 0. The van der Waals surface area contributed by atoms with Crippen LogP contribution in [-0.2, 0) is 34.1 Å². The Balaban J connectivity index is 0.000000134. The molecule has 0 amide bonds. The summed E-state index contributed by atoms with van der Waals surface area (Å²) in [6.45, 7) is 26.2. The predicted molar refractivity (Wildman–Crippen MR) is 356 cm³/mol. The van der Waals surface area contributed by atoms with Gasteiger partial charge in [-0.3, -0.25) is 0 Å². The number of hydrogen-bond acceptors (Lipinski definition) is 5. The molecule has 0 aromatic heterocycles. The minimum atomic E-state index is -0.523. The standard InChI is InChI=1S/C35H29BO2.C29H17Br.C9H19BO3.C4H9.Li/c1-33(2)34(3,4)38-36(37-33)30-19-11-18-29-31(30)26-15-8-10-17-28(26)35(29)27-16-9-7-14-24(27)25-21-20-22-12-5-6-13-23(22)32(25)35;30-26-15-7-14-25-27(26)22-11-4-6-13-24(22)29(25)23-12-5-3-10-20(23)21-17-16-18-8-1-2-9-19(18)28(21)29;1-7(2)11-10-12-8(3,4)9(5,6)13-10;1-3-4-2;/h5-21H,1-4H3;1-17H;7H,1-6H3;1,3-4H2,2H3;/q;;;-1;+1. The van der Waals surface area contributed by atoms with Crippen molar-refractivity contribution in [1.82, 2.24) is 0 Å². The normalized spacial score (nSPS) is 19.8. The third kappa shape index (κ3) is 9.06. The molecule has 86 heavy (non-hydrogen) atoms. The van der Waals surface area contributed by atoms with Crippen molar-refractivity contribution < 1.29 is 42.1 Å². The van der Waals surface area contributed by atoms with E-state index in [1.165, 1.54) is 117 Å². The van der Waals surface area contributed by atoms with Crippen LogP contribution in [-0.4, -0.2) is 42.9 Å². The monoisotopic (exact) mass is 1190 g/mol. The Hall–Kier alpha value is -6.27. The molecular weight excluding hydrogens is 1110 g/mol. The second-order valence-corrected chi connectivity index (χ2v) is 26.6. The van der Waals surface area contributed by atoms with Crippen molar-refractivity contribution in [3.8, 4) is 44.5 Å². The Morgan fingerprint density at radius 3 is 1.23 bits per heavy atom. The summed E-state index contributed by atoms with van der Waals surface area (Å²) in [6.07, 6.45) is 2.40. The van der Waals surface area contributed by atoms with Crippen LogP contribution in [0.15, 0.2) is 211 Å². The summed E-state index contributed by atoms with van der Waals surface area (Å²) in [7, 11) is -0.952. The van der Waals surface area contributed by atoms with Crippen LogP contribution < -0.4 is 24.3 Å². The molecule has 2 heterocycles. The number of benzene rings is 10. The second-order valence-electron chi connectivity index (χ2n) is 25.7. The summed E-state index contributed by atoms with van der Waals surface area (Å²) in [6, 6.07) is 76.1. The molecule has 0 saturated carbocycles. The van der Waals surface area contributed by atoms with Crippen LogP contribution >= 0.6 is 15.9 Å². The number of hydrogen-bond donors (Lipinski definition) is 0. The molecule has 5 nitrogen and oxygen atoms in total. The van der Waals surface area contributed by atoms with Crippen molar-refractivity contribution in [2.45, 2.75) is 128 Å². The predicted octanol–water partition coefficient (Wildman–Crippen LogP) is 16.1. The first-order valence-corrected chi connectivity index (χ1v) is 31.1. The van der Waals surface area contributed by atoms with Gasteiger partial charge in [-0.05, 0) is 186 Å². The van der Waals surface area contributed by atoms with Crippen LogP contribution in [0.25, 0.3) is 66.1 Å². The first-order chi connectivity index (χ1) is 40.8. The van der Waals surface area contributed by atoms with Gasteiger partial charge in [0.15, 0.2) is 0 Å². The summed E-state index contributed by atoms with van der Waals surface area (Å²) in [5.41, 5.74) is 20.5. The van der Waals surface area contributed by atoms with Gasteiger partial charge in [-0.1, -0.05) is 229 Å². The van der Waals surface area contributed by atoms with E-state index in [4.69, 9.17) is 23.3 Å². The van der Waals surface area contributed by atoms with Gasteiger partial charge in [0, 0.05) is 16.1 Å². The quantitative estimate of drug-likeness (QED) is 0.130. The Bertz CT molecular complexity index is 4230. The van der Waals surface area contributed by atoms with Crippen molar-refractivity contribution in [3.63, 3.8) is 0 Å². The molecule has 6 aliphatic rings. The molecule has 16 rings (SSSR count). The zero-order valence-electron chi connectivity index (χ0n) is 51.9. The van der Waals surface area contributed by atoms with Crippen LogP contribution in [0.1, 0.15) is 134 Å². The van der Waals surface area contributed by atoms with E-state index in [1.54, 1.807) is 0 Å². The fourth-order valence-corrected chi connectivity index (χ4v) is 14.7. The van der Waals surface area contributed by atoms with Crippen molar-refractivity contribution in [2.24, 2.45) is 0 Å². The Morgan fingerprint density at radius 2 is 0.779 bits per heavy atom. The maximum Gasteiger partial charge on any atom is 1.00 e. The van der Waals surface area contributed by atoms with Crippen molar-refractivity contribution >= 4 is 57.4 Å². The minimum absolute atomic E-state index is 0. The molecule has 10 aromatic carbocycles. The molecule has 2 unspecified atom stereocenters. The molecule has 0 bridgehead atoms. The Kier molecular flexibility index (Phi) is 15.6. The van der Waals surface area contributed by atoms with Gasteiger partial charge >= 0.3 is 33.3 Å². The average molecular weight is 1190 g/mol. The van der Waals surface area contributed by atoms with Crippen molar-refractivity contribution in [3.05, 3.63) is 262 Å². The van der Waals surface area contributed by atoms with Crippen LogP contribution in [0.4, 0.5) is 0 Å². The summed E-state index contributed by atoms with van der Waals surface area (Å²) < 4.78 is 31.1. The van der Waals surface area contributed by atoms with Gasteiger partial charge in [0.05, 0.1) is 33.2 Å². The van der Waals surface area contributed by atoms with E-state index in [0.717, 1.165) is 16.4 Å². The number of fused-ring (bicyclic) bond motifs is 24. The fraction of sp³-hybridized carbons (Fsp3) is 0.260. The van der Waals surface area contributed by atoms with E-state index in [0.29, 0.717) is 0 Å². The van der Waals surface area contributed by atoms with Crippen LogP contribution in [0.2, 0.25) is 0 Å². The smallest absolute Gasteiger partial charge is 0.399 e. The van der Waals surface area contributed by atoms with E-state index in [1.807, 2.05) is 41.5 Å². The summed E-state index contributed by atoms with van der Waals surface area (Å²) in [4.78, 5) is 0. The number of halogens is 1. The SMILES string of the molecule is Brc1cccc2c1-c1ccccc1C21c2ccccc2-c2ccc3ccccc3c21.CC(C)OB1OC(C)(C)C(C)(C)O1.CC1(C)OB(c2cccc3c2-c2ccccc2C32c3ccccc3-c3ccc4ccccc4c32)OC1(C)C.[CH2-]CCC.[Li+]. The van der Waals surface area contributed by atoms with Gasteiger partial charge in [0.25, 0.3) is 0 Å². The van der Waals surface area contributed by atoms with E-state index in [2.05, 4.69) is 264 Å². The molecule has 0 N–H and O–H groups in total. The van der Waals surface area contributed by atoms with E-state index in [-0.39, 0.29) is 41.6 Å². The zero-order valence-corrected chi connectivity index (χ0v) is 53.5. The molecule has 9 heteroatoms. The maximum atomic E-state index is 6.63. The number of rotatable bonds is 4. The molecule has 2 saturated heterocycles. The van der Waals surface area contributed by atoms with Gasteiger partial charge in [-0.2, -0.15) is 6.42 Å². The third-order valence-electron chi connectivity index (χ3n) is 19.4. The summed E-state index contributed by atoms with van der Waals surface area (Å²) in [5, 5.41) is 5.22. The van der Waals surface area contributed by atoms with Crippen molar-refractivity contribution in [1.29, 1.82) is 0 Å². The second kappa shape index (κ2) is 22.4. The largest absolute Gasteiger partial charge is 1.00 e. The van der Waals surface area contributed by atoms with Gasteiger partial charge < -0.3 is 30.2 Å². The molecule has 0 radical (unpaired) electrons. The van der Waals surface area contributed by atoms with Gasteiger partial charge in [-0.15, -0.1) is 0 Å².